The molecule has 0 heterocycles. The summed E-state index contributed by atoms with van der Waals surface area (Å²) in [6, 6.07) is 31.0. The molecular weight excluding hydrogens is 448 g/mol. The predicted molar refractivity (Wildman–Crippen MR) is 133 cm³/mol. The molecule has 0 unspecified atom stereocenters. The van der Waals surface area contributed by atoms with Crippen molar-refractivity contribution in [3.05, 3.63) is 115 Å². The molecule has 0 aliphatic rings. The first-order chi connectivity index (χ1) is 16.4. The van der Waals surface area contributed by atoms with Crippen LogP contribution in [-0.4, -0.2) is 21.4 Å². The SMILES string of the molecule is CN(c1ccccc1)S(=O)(=O)c1ccc(C(=O)Nc2ccc(N=Nc3ccccc3)cc2)cc1. The van der Waals surface area contributed by atoms with Crippen molar-refractivity contribution >= 4 is 38.7 Å². The molecule has 0 spiro atoms. The Morgan fingerprint density at radius 1 is 0.706 bits per heavy atom. The topological polar surface area (TPSA) is 91.2 Å². The second-order valence-corrected chi connectivity index (χ2v) is 9.34. The standard InChI is InChI=1S/C26H22N4O3S/c1-30(24-10-6-3-7-11-24)34(32,33)25-18-12-20(13-19-25)26(31)27-21-14-16-23(17-15-21)29-28-22-8-4-2-5-9-22/h2-19H,1H3,(H,27,31). The smallest absolute Gasteiger partial charge is 0.264 e. The van der Waals surface area contributed by atoms with Crippen molar-refractivity contribution in [3.63, 3.8) is 0 Å². The highest BCUT2D eigenvalue weighted by Gasteiger charge is 2.21. The normalized spacial score (nSPS) is 11.3. The predicted octanol–water partition coefficient (Wildman–Crippen LogP) is 6.18. The fraction of sp³-hybridized carbons (Fsp3) is 0.0385. The number of azo groups is 1. The number of carbonyl (C=O) groups excluding carboxylic acids is 1. The molecule has 0 bridgehead atoms. The number of hydrogen-bond acceptors (Lipinski definition) is 5. The third-order valence-corrected chi connectivity index (χ3v) is 6.86. The van der Waals surface area contributed by atoms with Crippen LogP contribution in [-0.2, 0) is 10.0 Å². The molecule has 0 fully saturated rings. The Hall–Kier alpha value is -4.30. The molecule has 4 rings (SSSR count). The highest BCUT2D eigenvalue weighted by atomic mass is 32.2. The van der Waals surface area contributed by atoms with Crippen LogP contribution < -0.4 is 9.62 Å². The summed E-state index contributed by atoms with van der Waals surface area (Å²) in [7, 11) is -2.25. The Kier molecular flexibility index (Phi) is 6.79. The fourth-order valence-electron chi connectivity index (χ4n) is 3.14. The van der Waals surface area contributed by atoms with Crippen LogP contribution in [0.3, 0.4) is 0 Å². The number of amides is 1. The van der Waals surface area contributed by atoms with Gasteiger partial charge in [-0.15, -0.1) is 0 Å². The van der Waals surface area contributed by atoms with Crippen LogP contribution in [0.15, 0.2) is 124 Å². The zero-order valence-electron chi connectivity index (χ0n) is 18.4. The Bertz CT molecular complexity index is 1390. The lowest BCUT2D eigenvalue weighted by Crippen LogP contribution is -2.26. The Morgan fingerprint density at radius 3 is 1.82 bits per heavy atom. The van der Waals surface area contributed by atoms with E-state index in [0.717, 1.165) is 5.69 Å². The zero-order valence-corrected chi connectivity index (χ0v) is 19.2. The summed E-state index contributed by atoms with van der Waals surface area (Å²) in [6.45, 7) is 0. The van der Waals surface area contributed by atoms with Gasteiger partial charge in [-0.1, -0.05) is 36.4 Å². The van der Waals surface area contributed by atoms with Gasteiger partial charge in [0.15, 0.2) is 0 Å². The molecule has 0 aliphatic heterocycles. The number of anilines is 2. The van der Waals surface area contributed by atoms with E-state index in [9.17, 15) is 13.2 Å². The van der Waals surface area contributed by atoms with Gasteiger partial charge in [0, 0.05) is 18.3 Å². The van der Waals surface area contributed by atoms with Gasteiger partial charge in [-0.05, 0) is 72.8 Å². The van der Waals surface area contributed by atoms with Gasteiger partial charge in [0.2, 0.25) is 0 Å². The van der Waals surface area contributed by atoms with Crippen LogP contribution in [0, 0.1) is 0 Å². The summed E-state index contributed by atoms with van der Waals surface area (Å²) in [4.78, 5) is 12.7. The minimum Gasteiger partial charge on any atom is -0.322 e. The maximum absolute atomic E-state index is 12.9. The lowest BCUT2D eigenvalue weighted by Gasteiger charge is -2.19. The maximum Gasteiger partial charge on any atom is 0.264 e. The molecule has 0 aromatic heterocycles. The van der Waals surface area contributed by atoms with Crippen LogP contribution in [0.25, 0.3) is 0 Å². The van der Waals surface area contributed by atoms with E-state index in [1.165, 1.54) is 35.6 Å². The van der Waals surface area contributed by atoms with Crippen LogP contribution in [0.1, 0.15) is 10.4 Å². The molecule has 4 aromatic carbocycles. The van der Waals surface area contributed by atoms with Crippen LogP contribution in [0.2, 0.25) is 0 Å². The van der Waals surface area contributed by atoms with Crippen molar-refractivity contribution in [1.82, 2.24) is 0 Å². The van der Waals surface area contributed by atoms with E-state index in [1.807, 2.05) is 36.4 Å². The van der Waals surface area contributed by atoms with E-state index in [1.54, 1.807) is 48.5 Å². The van der Waals surface area contributed by atoms with E-state index >= 15 is 0 Å². The van der Waals surface area contributed by atoms with Gasteiger partial charge in [0.1, 0.15) is 0 Å². The summed E-state index contributed by atoms with van der Waals surface area (Å²) in [5.41, 5.74) is 2.88. The molecule has 0 saturated heterocycles. The number of sulfonamides is 1. The summed E-state index contributed by atoms with van der Waals surface area (Å²) in [6.07, 6.45) is 0. The Morgan fingerprint density at radius 2 is 1.24 bits per heavy atom. The van der Waals surface area contributed by atoms with Gasteiger partial charge in [-0.3, -0.25) is 9.10 Å². The van der Waals surface area contributed by atoms with Gasteiger partial charge < -0.3 is 5.32 Å². The number of para-hydroxylation sites is 1. The van der Waals surface area contributed by atoms with Crippen molar-refractivity contribution in [2.75, 3.05) is 16.7 Å². The first-order valence-corrected chi connectivity index (χ1v) is 11.9. The van der Waals surface area contributed by atoms with Gasteiger partial charge in [-0.25, -0.2) is 8.42 Å². The monoisotopic (exact) mass is 470 g/mol. The molecular formula is C26H22N4O3S. The van der Waals surface area contributed by atoms with Crippen LogP contribution >= 0.6 is 0 Å². The number of benzene rings is 4. The summed E-state index contributed by atoms with van der Waals surface area (Å²) in [5, 5.41) is 11.1. The van der Waals surface area contributed by atoms with Crippen molar-refractivity contribution in [2.24, 2.45) is 10.2 Å². The first-order valence-electron chi connectivity index (χ1n) is 10.5. The Balaban J connectivity index is 1.41. The highest BCUT2D eigenvalue weighted by molar-refractivity contribution is 7.92. The molecule has 0 saturated carbocycles. The molecule has 8 heteroatoms. The van der Waals surface area contributed by atoms with Gasteiger partial charge in [0.05, 0.1) is 22.0 Å². The van der Waals surface area contributed by atoms with Crippen LogP contribution in [0.4, 0.5) is 22.7 Å². The lowest BCUT2D eigenvalue weighted by molar-refractivity contribution is 0.102. The third kappa shape index (κ3) is 5.36. The van der Waals surface area contributed by atoms with Gasteiger partial charge >= 0.3 is 0 Å². The van der Waals surface area contributed by atoms with E-state index in [4.69, 9.17) is 0 Å². The van der Waals surface area contributed by atoms with Gasteiger partial charge in [-0.2, -0.15) is 10.2 Å². The quantitative estimate of drug-likeness (QED) is 0.327. The number of carbonyl (C=O) groups is 1. The molecule has 0 atom stereocenters. The molecule has 7 nitrogen and oxygen atoms in total. The Labute approximate surface area is 198 Å². The largest absolute Gasteiger partial charge is 0.322 e. The average Bonchev–Trinajstić information content (AvgIpc) is 2.89. The number of hydrogen-bond donors (Lipinski definition) is 1. The van der Waals surface area contributed by atoms with Crippen molar-refractivity contribution < 1.29 is 13.2 Å². The average molecular weight is 471 g/mol. The molecule has 34 heavy (non-hydrogen) atoms. The molecule has 1 N–H and O–H groups in total. The zero-order chi connectivity index (χ0) is 24.0. The maximum atomic E-state index is 12.9. The highest BCUT2D eigenvalue weighted by Crippen LogP contribution is 2.23. The van der Waals surface area contributed by atoms with Crippen molar-refractivity contribution in [1.29, 1.82) is 0 Å². The second kappa shape index (κ2) is 10.1. The minimum absolute atomic E-state index is 0.100. The first kappa shape index (κ1) is 22.9. The number of nitrogens with zero attached hydrogens (tertiary/aromatic N) is 3. The molecule has 170 valence electrons. The lowest BCUT2D eigenvalue weighted by atomic mass is 10.2. The second-order valence-electron chi connectivity index (χ2n) is 7.37. The number of nitrogens with one attached hydrogen (secondary N) is 1. The summed E-state index contributed by atoms with van der Waals surface area (Å²) in [5.74, 6) is -0.348. The third-order valence-electron chi connectivity index (χ3n) is 5.06. The van der Waals surface area contributed by atoms with E-state index in [2.05, 4.69) is 15.5 Å². The fourth-order valence-corrected chi connectivity index (χ4v) is 4.33. The molecule has 1 amide bonds. The van der Waals surface area contributed by atoms with Gasteiger partial charge in [0.25, 0.3) is 15.9 Å². The van der Waals surface area contributed by atoms with E-state index < -0.39 is 10.0 Å². The van der Waals surface area contributed by atoms with Crippen LogP contribution in [0.5, 0.6) is 0 Å². The molecule has 0 radical (unpaired) electrons. The van der Waals surface area contributed by atoms with E-state index in [-0.39, 0.29) is 10.8 Å². The summed E-state index contributed by atoms with van der Waals surface area (Å²) >= 11 is 0. The van der Waals surface area contributed by atoms with E-state index in [0.29, 0.717) is 22.6 Å². The van der Waals surface area contributed by atoms with Crippen molar-refractivity contribution in [2.45, 2.75) is 4.90 Å². The molecule has 0 aliphatic carbocycles. The minimum atomic E-state index is -3.74. The molecule has 4 aromatic rings. The summed E-state index contributed by atoms with van der Waals surface area (Å²) < 4.78 is 27.0. The number of rotatable bonds is 7. The van der Waals surface area contributed by atoms with Crippen molar-refractivity contribution in [3.8, 4) is 0 Å².